The van der Waals surface area contributed by atoms with Crippen molar-refractivity contribution in [3.05, 3.63) is 12.2 Å². The van der Waals surface area contributed by atoms with Gasteiger partial charge in [-0.1, -0.05) is 26.0 Å². The minimum absolute atomic E-state index is 0.0173. The summed E-state index contributed by atoms with van der Waals surface area (Å²) in [5.41, 5.74) is -0.515. The van der Waals surface area contributed by atoms with Crippen LogP contribution in [0.5, 0.6) is 0 Å². The van der Waals surface area contributed by atoms with Crippen molar-refractivity contribution in [1.82, 2.24) is 0 Å². The molecule has 3 fully saturated rings. The summed E-state index contributed by atoms with van der Waals surface area (Å²) in [5, 5.41) is 31.4. The van der Waals surface area contributed by atoms with Crippen LogP contribution in [0.3, 0.4) is 0 Å². The number of hydrogen-bond donors (Lipinski definition) is 3. The first-order chi connectivity index (χ1) is 10.8. The fourth-order valence-corrected chi connectivity index (χ4v) is 6.58. The SMILES string of the molecule is C[C@]12C=C[C@H](O)CC1C[C@H](O)[C@H]1[C@@H]3[C@@H](O)CC(=O)[C@@]3(C)CC[C@@H]12. The van der Waals surface area contributed by atoms with Crippen LogP contribution in [0, 0.1) is 34.5 Å². The summed E-state index contributed by atoms with van der Waals surface area (Å²) in [4.78, 5) is 12.4. The van der Waals surface area contributed by atoms with E-state index in [0.717, 1.165) is 12.8 Å². The van der Waals surface area contributed by atoms with Crippen LogP contribution in [0.25, 0.3) is 0 Å². The molecule has 0 radical (unpaired) electrons. The van der Waals surface area contributed by atoms with E-state index in [1.54, 1.807) is 0 Å². The standard InChI is InChI=1S/C19H28O4/c1-18-5-3-11(20)7-10(18)8-13(21)16-12(18)4-6-19(2)15(23)9-14(22)17(16)19/h3,5,10-14,16-17,20-22H,4,6-9H2,1-2H3/t10?,11-,12-,13-,14-,16-,17-,18-,19+/m0/s1. The number of aliphatic hydroxyl groups excluding tert-OH is 3. The molecule has 0 amide bonds. The molecular weight excluding hydrogens is 292 g/mol. The van der Waals surface area contributed by atoms with Gasteiger partial charge in [-0.15, -0.1) is 0 Å². The molecule has 3 saturated carbocycles. The van der Waals surface area contributed by atoms with E-state index in [0.29, 0.717) is 12.8 Å². The third kappa shape index (κ3) is 1.98. The van der Waals surface area contributed by atoms with Crippen LogP contribution < -0.4 is 0 Å². The Hall–Kier alpha value is -0.710. The minimum Gasteiger partial charge on any atom is -0.393 e. The highest BCUT2D eigenvalue weighted by atomic mass is 16.3. The molecule has 0 aromatic heterocycles. The molecule has 4 nitrogen and oxygen atoms in total. The second-order valence-electron chi connectivity index (χ2n) is 8.89. The average Bonchev–Trinajstić information content (AvgIpc) is 2.71. The van der Waals surface area contributed by atoms with E-state index in [4.69, 9.17) is 0 Å². The molecule has 3 N–H and O–H groups in total. The number of carbonyl (C=O) groups excluding carboxylic acids is 1. The minimum atomic E-state index is -0.617. The number of carbonyl (C=O) groups is 1. The summed E-state index contributed by atoms with van der Waals surface area (Å²) in [6.07, 6.45) is 5.87. The number of rotatable bonds is 0. The predicted molar refractivity (Wildman–Crippen MR) is 85.4 cm³/mol. The van der Waals surface area contributed by atoms with Crippen LogP contribution in [0.15, 0.2) is 12.2 Å². The second kappa shape index (κ2) is 4.90. The van der Waals surface area contributed by atoms with Gasteiger partial charge in [-0.2, -0.15) is 0 Å². The van der Waals surface area contributed by atoms with E-state index in [2.05, 4.69) is 13.0 Å². The molecule has 4 aliphatic carbocycles. The molecule has 23 heavy (non-hydrogen) atoms. The molecule has 128 valence electrons. The molecule has 0 spiro atoms. The Morgan fingerprint density at radius 3 is 2.61 bits per heavy atom. The number of ketones is 1. The average molecular weight is 320 g/mol. The largest absolute Gasteiger partial charge is 0.393 e. The van der Waals surface area contributed by atoms with Crippen LogP contribution in [0.1, 0.15) is 46.0 Å². The number of allylic oxidation sites excluding steroid dienone is 1. The van der Waals surface area contributed by atoms with Gasteiger partial charge in [-0.05, 0) is 48.9 Å². The monoisotopic (exact) mass is 320 g/mol. The summed E-state index contributed by atoms with van der Waals surface area (Å²) in [6.45, 7) is 4.24. The van der Waals surface area contributed by atoms with Gasteiger partial charge >= 0.3 is 0 Å². The van der Waals surface area contributed by atoms with Crippen LogP contribution in [-0.2, 0) is 4.79 Å². The van der Waals surface area contributed by atoms with Crippen LogP contribution in [0.2, 0.25) is 0 Å². The van der Waals surface area contributed by atoms with Gasteiger partial charge in [0.15, 0.2) is 0 Å². The maximum absolute atomic E-state index is 12.4. The Morgan fingerprint density at radius 1 is 1.13 bits per heavy atom. The van der Waals surface area contributed by atoms with Gasteiger partial charge in [0.25, 0.3) is 0 Å². The Kier molecular flexibility index (Phi) is 3.37. The van der Waals surface area contributed by atoms with E-state index < -0.39 is 23.7 Å². The normalized spacial score (nSPS) is 58.5. The molecule has 0 bridgehead atoms. The Balaban J connectivity index is 1.75. The van der Waals surface area contributed by atoms with Crippen molar-refractivity contribution in [2.24, 2.45) is 34.5 Å². The zero-order valence-corrected chi connectivity index (χ0v) is 14.0. The third-order valence-corrected chi connectivity index (χ3v) is 7.89. The molecule has 4 heteroatoms. The zero-order valence-electron chi connectivity index (χ0n) is 14.0. The van der Waals surface area contributed by atoms with Gasteiger partial charge in [0.1, 0.15) is 5.78 Å². The lowest BCUT2D eigenvalue weighted by Crippen LogP contribution is -2.58. The molecule has 0 aromatic carbocycles. The quantitative estimate of drug-likeness (QED) is 0.593. The van der Waals surface area contributed by atoms with E-state index in [9.17, 15) is 20.1 Å². The van der Waals surface area contributed by atoms with E-state index in [-0.39, 0.29) is 41.3 Å². The summed E-state index contributed by atoms with van der Waals surface area (Å²) in [5.74, 6) is 0.580. The van der Waals surface area contributed by atoms with Crippen molar-refractivity contribution in [1.29, 1.82) is 0 Å². The highest BCUT2D eigenvalue weighted by Gasteiger charge is 2.64. The number of Topliss-reactive ketones (excluding diaryl/α,β-unsaturated/α-hetero) is 1. The zero-order chi connectivity index (χ0) is 16.6. The first-order valence-electron chi connectivity index (χ1n) is 9.04. The molecule has 1 unspecified atom stereocenters. The summed E-state index contributed by atoms with van der Waals surface area (Å²) in [6, 6.07) is 0. The Labute approximate surface area is 137 Å². The predicted octanol–water partition coefficient (Wildman–Crippen LogP) is 1.68. The molecule has 4 rings (SSSR count). The van der Waals surface area contributed by atoms with E-state index in [1.165, 1.54) is 0 Å². The molecule has 0 aliphatic heterocycles. The summed E-state index contributed by atoms with van der Waals surface area (Å²) in [7, 11) is 0. The molecule has 0 heterocycles. The first-order valence-corrected chi connectivity index (χ1v) is 9.04. The maximum Gasteiger partial charge on any atom is 0.141 e. The van der Waals surface area contributed by atoms with Crippen molar-refractivity contribution < 1.29 is 20.1 Å². The maximum atomic E-state index is 12.4. The van der Waals surface area contributed by atoms with Gasteiger partial charge in [-0.25, -0.2) is 0 Å². The van der Waals surface area contributed by atoms with Crippen LogP contribution in [0.4, 0.5) is 0 Å². The lowest BCUT2D eigenvalue weighted by molar-refractivity contribution is -0.160. The molecule has 0 aromatic rings. The second-order valence-corrected chi connectivity index (χ2v) is 8.89. The van der Waals surface area contributed by atoms with Gasteiger partial charge in [0, 0.05) is 17.8 Å². The van der Waals surface area contributed by atoms with Crippen LogP contribution >= 0.6 is 0 Å². The van der Waals surface area contributed by atoms with Gasteiger partial charge in [-0.3, -0.25) is 4.79 Å². The van der Waals surface area contributed by atoms with E-state index in [1.807, 2.05) is 13.0 Å². The smallest absolute Gasteiger partial charge is 0.141 e. The van der Waals surface area contributed by atoms with Crippen LogP contribution in [-0.4, -0.2) is 39.4 Å². The molecule has 9 atom stereocenters. The van der Waals surface area contributed by atoms with E-state index >= 15 is 0 Å². The summed E-state index contributed by atoms with van der Waals surface area (Å²) >= 11 is 0. The Morgan fingerprint density at radius 2 is 1.87 bits per heavy atom. The van der Waals surface area contributed by atoms with Crippen molar-refractivity contribution in [3.8, 4) is 0 Å². The van der Waals surface area contributed by atoms with Gasteiger partial charge in [0.2, 0.25) is 0 Å². The fraction of sp³-hybridized carbons (Fsp3) is 0.842. The number of hydrogen-bond acceptors (Lipinski definition) is 4. The molecule has 0 saturated heterocycles. The van der Waals surface area contributed by atoms with Crippen molar-refractivity contribution in [2.45, 2.75) is 64.3 Å². The van der Waals surface area contributed by atoms with Gasteiger partial charge < -0.3 is 15.3 Å². The van der Waals surface area contributed by atoms with Crippen molar-refractivity contribution in [3.63, 3.8) is 0 Å². The topological polar surface area (TPSA) is 77.8 Å². The number of fused-ring (bicyclic) bond motifs is 5. The number of aliphatic hydroxyl groups is 3. The highest BCUT2D eigenvalue weighted by Crippen LogP contribution is 2.64. The lowest BCUT2D eigenvalue weighted by Gasteiger charge is -2.60. The summed E-state index contributed by atoms with van der Waals surface area (Å²) < 4.78 is 0. The lowest BCUT2D eigenvalue weighted by atomic mass is 9.45. The molecular formula is C19H28O4. The third-order valence-electron chi connectivity index (χ3n) is 7.89. The van der Waals surface area contributed by atoms with Gasteiger partial charge in [0.05, 0.1) is 18.3 Å². The highest BCUT2D eigenvalue weighted by molar-refractivity contribution is 5.88. The molecule has 4 aliphatic rings. The first kappa shape index (κ1) is 15.8. The fourth-order valence-electron chi connectivity index (χ4n) is 6.58. The van der Waals surface area contributed by atoms with Crippen molar-refractivity contribution in [2.75, 3.05) is 0 Å². The van der Waals surface area contributed by atoms with Crippen molar-refractivity contribution >= 4 is 5.78 Å². The Bertz CT molecular complexity index is 558.